The maximum atomic E-state index is 10.5. The van der Waals surface area contributed by atoms with Crippen molar-refractivity contribution in [3.05, 3.63) is 11.3 Å². The van der Waals surface area contributed by atoms with Gasteiger partial charge >= 0.3 is 0 Å². The van der Waals surface area contributed by atoms with Gasteiger partial charge in [-0.25, -0.2) is 0 Å². The predicted octanol–water partition coefficient (Wildman–Crippen LogP) is -0.707. The average molecular weight is 142 g/mol. The van der Waals surface area contributed by atoms with Crippen LogP contribution >= 0.6 is 0 Å². The largest absolute Gasteiger partial charge is 0.395 e. The second-order valence-corrected chi connectivity index (χ2v) is 1.96. The topological polar surface area (TPSA) is 86.2 Å². The predicted molar refractivity (Wildman–Crippen MR) is 36.8 cm³/mol. The van der Waals surface area contributed by atoms with Crippen molar-refractivity contribution in [2.75, 3.05) is 0 Å². The van der Waals surface area contributed by atoms with Gasteiger partial charge in [-0.05, 0) is 6.92 Å². The minimum Gasteiger partial charge on any atom is -0.395 e. The fraction of sp³-hybridized carbons (Fsp3) is 0.333. The van der Waals surface area contributed by atoms with Crippen molar-refractivity contribution in [3.63, 3.8) is 0 Å². The lowest BCUT2D eigenvalue weighted by Crippen LogP contribution is -2.20. The van der Waals surface area contributed by atoms with Crippen LogP contribution in [0.5, 0.6) is 0 Å². The number of carbonyl (C=O) groups is 2. The monoisotopic (exact) mass is 142 g/mol. The van der Waals surface area contributed by atoms with Gasteiger partial charge in [-0.15, -0.1) is 0 Å². The first-order chi connectivity index (χ1) is 4.46. The number of amides is 1. The fourth-order valence-electron chi connectivity index (χ4n) is 0.397. The zero-order chi connectivity index (χ0) is 8.31. The lowest BCUT2D eigenvalue weighted by atomic mass is 10.2. The molecule has 0 atom stereocenters. The number of Topliss-reactive ketones (excluding diaryl/α,β-unsaturated/α-hetero) is 1. The smallest absolute Gasteiger partial charge is 0.246 e. The summed E-state index contributed by atoms with van der Waals surface area (Å²) in [6.07, 6.45) is 0. The molecule has 0 radical (unpaired) electrons. The molecule has 0 unspecified atom stereocenters. The Balaban J connectivity index is 4.67. The highest BCUT2D eigenvalue weighted by molar-refractivity contribution is 6.02. The van der Waals surface area contributed by atoms with Crippen molar-refractivity contribution < 1.29 is 9.59 Å². The van der Waals surface area contributed by atoms with Crippen molar-refractivity contribution in [1.82, 2.24) is 0 Å². The van der Waals surface area contributed by atoms with E-state index in [0.717, 1.165) is 0 Å². The Kier molecular flexibility index (Phi) is 2.61. The lowest BCUT2D eigenvalue weighted by molar-refractivity contribution is -0.116. The summed E-state index contributed by atoms with van der Waals surface area (Å²) in [7, 11) is 0. The molecule has 10 heavy (non-hydrogen) atoms. The number of nitrogens with two attached hydrogens (primary N) is 2. The normalized spacial score (nSPS) is 12.2. The third-order valence-corrected chi connectivity index (χ3v) is 1.15. The van der Waals surface area contributed by atoms with E-state index in [-0.39, 0.29) is 17.1 Å². The van der Waals surface area contributed by atoms with E-state index < -0.39 is 5.91 Å². The Morgan fingerprint density at radius 1 is 1.10 bits per heavy atom. The van der Waals surface area contributed by atoms with Gasteiger partial charge in [0.05, 0.1) is 5.70 Å². The summed E-state index contributed by atoms with van der Waals surface area (Å²) in [5.74, 6) is -0.996. The van der Waals surface area contributed by atoms with Gasteiger partial charge in [0.25, 0.3) is 0 Å². The minimum absolute atomic E-state index is 0.0625. The van der Waals surface area contributed by atoms with Crippen molar-refractivity contribution in [3.8, 4) is 0 Å². The Morgan fingerprint density at radius 3 is 1.60 bits per heavy atom. The van der Waals surface area contributed by atoms with Crippen molar-refractivity contribution in [2.45, 2.75) is 13.8 Å². The molecule has 0 aliphatic rings. The van der Waals surface area contributed by atoms with E-state index in [4.69, 9.17) is 11.5 Å². The van der Waals surface area contributed by atoms with Gasteiger partial charge in [0.15, 0.2) is 5.78 Å². The van der Waals surface area contributed by atoms with Crippen LogP contribution < -0.4 is 11.5 Å². The van der Waals surface area contributed by atoms with Crippen molar-refractivity contribution in [2.24, 2.45) is 11.5 Å². The van der Waals surface area contributed by atoms with Gasteiger partial charge in [0, 0.05) is 12.5 Å². The second kappa shape index (κ2) is 3.00. The number of hydrogen-bond donors (Lipinski definition) is 2. The van der Waals surface area contributed by atoms with E-state index in [1.807, 2.05) is 0 Å². The molecule has 0 bridgehead atoms. The SMILES string of the molecule is CC(=O)/C(N)=C(/C)C(N)=O. The molecule has 0 rings (SSSR count). The molecule has 0 heterocycles. The highest BCUT2D eigenvalue weighted by Gasteiger charge is 2.06. The van der Waals surface area contributed by atoms with Crippen LogP contribution in [-0.2, 0) is 9.59 Å². The van der Waals surface area contributed by atoms with E-state index in [1.165, 1.54) is 13.8 Å². The molecule has 0 aliphatic carbocycles. The molecule has 0 saturated heterocycles. The van der Waals surface area contributed by atoms with Crippen LogP contribution in [0.1, 0.15) is 13.8 Å². The van der Waals surface area contributed by atoms with Crippen LogP contribution in [0.2, 0.25) is 0 Å². The van der Waals surface area contributed by atoms with E-state index in [9.17, 15) is 9.59 Å². The maximum Gasteiger partial charge on any atom is 0.246 e. The molecular weight excluding hydrogens is 132 g/mol. The number of hydrogen-bond acceptors (Lipinski definition) is 3. The van der Waals surface area contributed by atoms with E-state index in [0.29, 0.717) is 0 Å². The molecule has 1 amide bonds. The fourth-order valence-corrected chi connectivity index (χ4v) is 0.397. The number of rotatable bonds is 2. The summed E-state index contributed by atoms with van der Waals surface area (Å²) in [5, 5.41) is 0. The summed E-state index contributed by atoms with van der Waals surface area (Å²) in [6, 6.07) is 0. The molecule has 4 heteroatoms. The molecule has 0 saturated carbocycles. The molecule has 0 spiro atoms. The summed E-state index contributed by atoms with van der Waals surface area (Å²) in [4.78, 5) is 20.9. The first-order valence-electron chi connectivity index (χ1n) is 2.74. The molecule has 0 aliphatic heterocycles. The molecule has 4 nitrogen and oxygen atoms in total. The first kappa shape index (κ1) is 8.68. The van der Waals surface area contributed by atoms with Gasteiger partial charge in [0.1, 0.15) is 0 Å². The van der Waals surface area contributed by atoms with Gasteiger partial charge < -0.3 is 11.5 Å². The Morgan fingerprint density at radius 2 is 1.50 bits per heavy atom. The molecule has 0 fully saturated rings. The zero-order valence-electron chi connectivity index (χ0n) is 5.97. The molecular formula is C6H10N2O2. The van der Waals surface area contributed by atoms with Crippen molar-refractivity contribution in [1.29, 1.82) is 0 Å². The van der Waals surface area contributed by atoms with E-state index >= 15 is 0 Å². The van der Waals surface area contributed by atoms with Crippen LogP contribution in [0.25, 0.3) is 0 Å². The van der Waals surface area contributed by atoms with E-state index in [2.05, 4.69) is 0 Å². The Bertz CT molecular complexity index is 184. The molecule has 0 aromatic heterocycles. The third kappa shape index (κ3) is 1.89. The second-order valence-electron chi connectivity index (χ2n) is 1.96. The summed E-state index contributed by atoms with van der Waals surface area (Å²) in [5.41, 5.74) is 10.1. The summed E-state index contributed by atoms with van der Waals surface area (Å²) >= 11 is 0. The third-order valence-electron chi connectivity index (χ3n) is 1.15. The highest BCUT2D eigenvalue weighted by atomic mass is 16.1. The molecule has 4 N–H and O–H groups in total. The Labute approximate surface area is 58.9 Å². The first-order valence-corrected chi connectivity index (χ1v) is 2.74. The number of carbonyl (C=O) groups excluding carboxylic acids is 2. The van der Waals surface area contributed by atoms with Gasteiger partial charge in [-0.1, -0.05) is 0 Å². The van der Waals surface area contributed by atoms with Crippen molar-refractivity contribution >= 4 is 11.7 Å². The number of allylic oxidation sites excluding steroid dienone is 1. The minimum atomic E-state index is -0.660. The average Bonchev–Trinajstić information content (AvgIpc) is 1.84. The van der Waals surface area contributed by atoms with Crippen LogP contribution in [0, 0.1) is 0 Å². The summed E-state index contributed by atoms with van der Waals surface area (Å²) in [6.45, 7) is 2.70. The quantitative estimate of drug-likeness (QED) is 0.499. The number of primary amides is 1. The van der Waals surface area contributed by atoms with Gasteiger partial charge in [0.2, 0.25) is 5.91 Å². The van der Waals surface area contributed by atoms with E-state index in [1.54, 1.807) is 0 Å². The highest BCUT2D eigenvalue weighted by Crippen LogP contribution is 1.96. The van der Waals surface area contributed by atoms with Gasteiger partial charge in [-0.2, -0.15) is 0 Å². The molecule has 0 aromatic rings. The van der Waals surface area contributed by atoms with Gasteiger partial charge in [-0.3, -0.25) is 9.59 Å². The number of ketones is 1. The van der Waals surface area contributed by atoms with Crippen LogP contribution in [0.15, 0.2) is 11.3 Å². The van der Waals surface area contributed by atoms with Crippen LogP contribution in [-0.4, -0.2) is 11.7 Å². The lowest BCUT2D eigenvalue weighted by Gasteiger charge is -1.97. The molecule has 56 valence electrons. The summed E-state index contributed by atoms with van der Waals surface area (Å²) < 4.78 is 0. The zero-order valence-corrected chi connectivity index (χ0v) is 5.97. The van der Waals surface area contributed by atoms with Crippen LogP contribution in [0.3, 0.4) is 0 Å². The standard InChI is InChI=1S/C6H10N2O2/c1-3(6(8)10)5(7)4(2)9/h7H2,1-2H3,(H2,8,10)/b5-3+. The Hall–Kier alpha value is -1.32. The van der Waals surface area contributed by atoms with Crippen LogP contribution in [0.4, 0.5) is 0 Å². The maximum absolute atomic E-state index is 10.5. The molecule has 0 aromatic carbocycles.